The van der Waals surface area contributed by atoms with E-state index in [1.165, 1.54) is 5.39 Å². The molecule has 0 aliphatic carbocycles. The number of aromatic nitrogens is 2. The van der Waals surface area contributed by atoms with Gasteiger partial charge in [0.15, 0.2) is 0 Å². The van der Waals surface area contributed by atoms with Crippen molar-refractivity contribution < 1.29 is 14.3 Å². The average molecular weight is 415 g/mol. The predicted octanol–water partition coefficient (Wildman–Crippen LogP) is 4.06. The Morgan fingerprint density at radius 2 is 1.94 bits per heavy atom. The van der Waals surface area contributed by atoms with Crippen molar-refractivity contribution in [3.63, 3.8) is 0 Å². The summed E-state index contributed by atoms with van der Waals surface area (Å²) in [5.41, 5.74) is 1.78. The number of ether oxygens (including phenoxy) is 2. The zero-order valence-corrected chi connectivity index (χ0v) is 17.3. The third-order valence-corrected chi connectivity index (χ3v) is 5.68. The van der Waals surface area contributed by atoms with Gasteiger partial charge in [-0.15, -0.1) is 0 Å². The minimum atomic E-state index is -0.0504. The Balaban J connectivity index is 1.33. The van der Waals surface area contributed by atoms with Crippen molar-refractivity contribution in [3.05, 3.63) is 72.6 Å². The summed E-state index contributed by atoms with van der Waals surface area (Å²) < 4.78 is 13.6. The number of carbonyl (C=O) groups is 1. The van der Waals surface area contributed by atoms with Crippen LogP contribution in [0.25, 0.3) is 21.8 Å². The second kappa shape index (κ2) is 8.78. The maximum Gasteiger partial charge on any atom is 0.240 e. The summed E-state index contributed by atoms with van der Waals surface area (Å²) in [7, 11) is 0. The number of amides is 1. The highest BCUT2D eigenvalue weighted by molar-refractivity contribution is 5.84. The molecule has 0 radical (unpaired) electrons. The first-order chi connectivity index (χ1) is 15.3. The second-order valence-electron chi connectivity index (χ2n) is 7.84. The highest BCUT2D eigenvalue weighted by Crippen LogP contribution is 2.22. The fourth-order valence-corrected chi connectivity index (χ4v) is 4.05. The number of fused-ring (bicyclic) bond motifs is 2. The van der Waals surface area contributed by atoms with Crippen molar-refractivity contribution in [1.29, 1.82) is 0 Å². The van der Waals surface area contributed by atoms with E-state index in [1.807, 2.05) is 59.2 Å². The summed E-state index contributed by atoms with van der Waals surface area (Å²) >= 11 is 0. The lowest BCUT2D eigenvalue weighted by atomic mass is 10.1. The molecule has 31 heavy (non-hydrogen) atoms. The number of nitrogens with one attached hydrogen (secondary N) is 1. The molecule has 1 unspecified atom stereocenters. The molecule has 1 fully saturated rings. The van der Waals surface area contributed by atoms with Crippen LogP contribution in [0, 0.1) is 0 Å². The topological polar surface area (TPSA) is 65.4 Å². The number of rotatable bonds is 7. The molecule has 6 nitrogen and oxygen atoms in total. The van der Waals surface area contributed by atoms with Crippen molar-refractivity contribution in [2.24, 2.45) is 0 Å². The third-order valence-electron chi connectivity index (χ3n) is 5.68. The van der Waals surface area contributed by atoms with Crippen LogP contribution >= 0.6 is 0 Å². The van der Waals surface area contributed by atoms with Gasteiger partial charge in [-0.3, -0.25) is 4.79 Å². The molecule has 1 aliphatic heterocycles. The number of imidazole rings is 1. The fraction of sp³-hybridized carbons (Fsp3) is 0.280. The van der Waals surface area contributed by atoms with Crippen LogP contribution in [-0.4, -0.2) is 34.7 Å². The molecule has 1 aromatic heterocycles. The zero-order valence-electron chi connectivity index (χ0n) is 17.3. The predicted molar refractivity (Wildman–Crippen MR) is 120 cm³/mol. The van der Waals surface area contributed by atoms with E-state index in [-0.39, 0.29) is 25.2 Å². The summed E-state index contributed by atoms with van der Waals surface area (Å²) in [5, 5.41) is 5.29. The molecule has 1 atom stereocenters. The molecule has 0 saturated carbocycles. The maximum atomic E-state index is 12.6. The van der Waals surface area contributed by atoms with Crippen LogP contribution in [0.5, 0.6) is 5.75 Å². The summed E-state index contributed by atoms with van der Waals surface area (Å²) in [5.74, 6) is 1.45. The fourth-order valence-electron chi connectivity index (χ4n) is 4.05. The molecule has 1 amide bonds. The number of benzene rings is 3. The second-order valence-corrected chi connectivity index (χ2v) is 7.84. The average Bonchev–Trinajstić information content (AvgIpc) is 3.44. The number of nitrogens with zero attached hydrogens (tertiary/aromatic N) is 2. The van der Waals surface area contributed by atoms with Crippen LogP contribution in [0.3, 0.4) is 0 Å². The molecule has 1 saturated heterocycles. The quantitative estimate of drug-likeness (QED) is 0.494. The number of para-hydroxylation sites is 2. The largest absolute Gasteiger partial charge is 0.486 e. The van der Waals surface area contributed by atoms with Gasteiger partial charge in [0.1, 0.15) is 24.7 Å². The molecule has 0 bridgehead atoms. The van der Waals surface area contributed by atoms with Crippen LogP contribution < -0.4 is 10.1 Å². The molecule has 5 rings (SSSR count). The Bertz CT molecular complexity index is 1210. The molecule has 158 valence electrons. The first kappa shape index (κ1) is 19.6. The Morgan fingerprint density at radius 1 is 1.10 bits per heavy atom. The Morgan fingerprint density at radius 3 is 2.81 bits per heavy atom. The molecule has 1 N–H and O–H groups in total. The lowest BCUT2D eigenvalue weighted by molar-refractivity contribution is -0.122. The first-order valence-electron chi connectivity index (χ1n) is 10.7. The van der Waals surface area contributed by atoms with Crippen LogP contribution in [-0.2, 0) is 22.7 Å². The van der Waals surface area contributed by atoms with Gasteiger partial charge < -0.3 is 19.4 Å². The van der Waals surface area contributed by atoms with E-state index in [9.17, 15) is 4.79 Å². The maximum absolute atomic E-state index is 12.6. The van der Waals surface area contributed by atoms with Gasteiger partial charge in [-0.1, -0.05) is 42.5 Å². The van der Waals surface area contributed by atoms with Gasteiger partial charge in [-0.25, -0.2) is 4.98 Å². The summed E-state index contributed by atoms with van der Waals surface area (Å²) in [4.78, 5) is 17.3. The van der Waals surface area contributed by atoms with E-state index < -0.39 is 0 Å². The van der Waals surface area contributed by atoms with Gasteiger partial charge in [0.2, 0.25) is 5.91 Å². The van der Waals surface area contributed by atoms with Gasteiger partial charge >= 0.3 is 0 Å². The molecule has 0 spiro atoms. The van der Waals surface area contributed by atoms with E-state index in [4.69, 9.17) is 14.5 Å². The van der Waals surface area contributed by atoms with Crippen LogP contribution in [0.2, 0.25) is 0 Å². The van der Waals surface area contributed by atoms with Crippen molar-refractivity contribution in [2.75, 3.05) is 13.2 Å². The van der Waals surface area contributed by atoms with E-state index in [1.54, 1.807) is 0 Å². The zero-order chi connectivity index (χ0) is 21.0. The SMILES string of the molecule is O=C(Cn1c(COc2ccc3ccccc3c2)nc2ccccc21)NCC1CCCO1. The Hall–Kier alpha value is -3.38. The number of hydrogen-bond acceptors (Lipinski definition) is 4. The normalized spacial score (nSPS) is 16.1. The standard InChI is InChI=1S/C25H25N3O3/c29-25(26-15-21-8-5-13-30-21)16-28-23-10-4-3-9-22(23)27-24(28)17-31-20-12-11-18-6-1-2-7-19(18)14-20/h1-4,6-7,9-12,14,21H,5,8,13,15-17H2,(H,26,29). The van der Waals surface area contributed by atoms with E-state index in [0.29, 0.717) is 6.54 Å². The molecule has 4 aromatic rings. The van der Waals surface area contributed by atoms with Crippen molar-refractivity contribution in [3.8, 4) is 5.75 Å². The Kier molecular flexibility index (Phi) is 5.54. The highest BCUT2D eigenvalue weighted by atomic mass is 16.5. The lowest BCUT2D eigenvalue weighted by Crippen LogP contribution is -2.34. The molecular weight excluding hydrogens is 390 g/mol. The molecule has 2 heterocycles. The summed E-state index contributed by atoms with van der Waals surface area (Å²) in [6.45, 7) is 1.81. The minimum Gasteiger partial charge on any atom is -0.486 e. The summed E-state index contributed by atoms with van der Waals surface area (Å²) in [6, 6.07) is 22.1. The van der Waals surface area contributed by atoms with Gasteiger partial charge in [-0.05, 0) is 47.9 Å². The van der Waals surface area contributed by atoms with Crippen LogP contribution in [0.15, 0.2) is 66.7 Å². The molecule has 6 heteroatoms. The van der Waals surface area contributed by atoms with Crippen molar-refractivity contribution >= 4 is 27.7 Å². The van der Waals surface area contributed by atoms with Gasteiger partial charge in [0, 0.05) is 13.2 Å². The lowest BCUT2D eigenvalue weighted by Gasteiger charge is -2.13. The molecule has 1 aliphatic rings. The van der Waals surface area contributed by atoms with E-state index in [0.717, 1.165) is 47.4 Å². The number of hydrogen-bond donors (Lipinski definition) is 1. The number of carbonyl (C=O) groups excluding carboxylic acids is 1. The van der Waals surface area contributed by atoms with E-state index >= 15 is 0 Å². The monoisotopic (exact) mass is 415 g/mol. The highest BCUT2D eigenvalue weighted by Gasteiger charge is 2.18. The third kappa shape index (κ3) is 4.39. The molecule has 3 aromatic carbocycles. The summed E-state index contributed by atoms with van der Waals surface area (Å²) in [6.07, 6.45) is 2.18. The minimum absolute atomic E-state index is 0.0504. The molecular formula is C25H25N3O3. The van der Waals surface area contributed by atoms with Gasteiger partial charge in [0.25, 0.3) is 0 Å². The smallest absolute Gasteiger partial charge is 0.240 e. The van der Waals surface area contributed by atoms with Crippen LogP contribution in [0.1, 0.15) is 18.7 Å². The first-order valence-corrected chi connectivity index (χ1v) is 10.7. The van der Waals surface area contributed by atoms with Crippen LogP contribution in [0.4, 0.5) is 0 Å². The van der Waals surface area contributed by atoms with Gasteiger partial charge in [0.05, 0.1) is 17.1 Å². The van der Waals surface area contributed by atoms with E-state index in [2.05, 4.69) is 17.4 Å². The van der Waals surface area contributed by atoms with Crippen molar-refractivity contribution in [2.45, 2.75) is 32.1 Å². The van der Waals surface area contributed by atoms with Crippen molar-refractivity contribution in [1.82, 2.24) is 14.9 Å². The Labute approximate surface area is 180 Å². The van der Waals surface area contributed by atoms with Gasteiger partial charge in [-0.2, -0.15) is 0 Å².